The largest absolute Gasteiger partial charge is 0.363 e. The van der Waals surface area contributed by atoms with E-state index < -0.39 is 0 Å². The number of aryl methyl sites for hydroxylation is 1. The number of aromatic nitrogens is 3. The summed E-state index contributed by atoms with van der Waals surface area (Å²) in [5, 5.41) is 18.1. The highest BCUT2D eigenvalue weighted by Crippen LogP contribution is 2.28. The lowest BCUT2D eigenvalue weighted by atomic mass is 10.2. The molecule has 1 N–H and O–H groups in total. The summed E-state index contributed by atoms with van der Waals surface area (Å²) in [6.45, 7) is 5.76. The third-order valence-electron chi connectivity index (χ3n) is 3.80. The highest BCUT2D eigenvalue weighted by molar-refractivity contribution is 5.63. The zero-order valence-corrected chi connectivity index (χ0v) is 12.4. The maximum atomic E-state index is 11.1. The number of H-pyrrole nitrogens is 1. The lowest BCUT2D eigenvalue weighted by Gasteiger charge is -2.35. The zero-order valence-electron chi connectivity index (χ0n) is 12.4. The number of rotatable bonds is 4. The number of hydrogen-bond acceptors (Lipinski definition) is 6. The Morgan fingerprint density at radius 1 is 1.27 bits per heavy atom. The van der Waals surface area contributed by atoms with E-state index in [9.17, 15) is 10.1 Å². The van der Waals surface area contributed by atoms with Gasteiger partial charge in [0.2, 0.25) is 0 Å². The topological polar surface area (TPSA) is 91.2 Å². The van der Waals surface area contributed by atoms with Crippen LogP contribution in [-0.2, 0) is 6.54 Å². The molecule has 0 atom stereocenters. The van der Waals surface area contributed by atoms with Gasteiger partial charge in [-0.3, -0.25) is 20.1 Å². The van der Waals surface area contributed by atoms with Gasteiger partial charge in [-0.05, 0) is 13.0 Å². The molecular formula is C14H18N6O2. The molecule has 1 fully saturated rings. The van der Waals surface area contributed by atoms with Gasteiger partial charge in [0.05, 0.1) is 11.5 Å². The fourth-order valence-electron chi connectivity index (χ4n) is 2.69. The minimum Gasteiger partial charge on any atom is -0.363 e. The average molecular weight is 302 g/mol. The fourth-order valence-corrected chi connectivity index (χ4v) is 2.69. The number of nitro benzene ring substituents is 1. The predicted octanol–water partition coefficient (Wildman–Crippen LogP) is 1.34. The summed E-state index contributed by atoms with van der Waals surface area (Å²) in [4.78, 5) is 19.4. The van der Waals surface area contributed by atoms with Crippen molar-refractivity contribution >= 4 is 11.4 Å². The van der Waals surface area contributed by atoms with Crippen LogP contribution in [0.15, 0.2) is 24.3 Å². The van der Waals surface area contributed by atoms with Crippen molar-refractivity contribution in [3.63, 3.8) is 0 Å². The van der Waals surface area contributed by atoms with E-state index in [1.54, 1.807) is 12.1 Å². The van der Waals surface area contributed by atoms with Crippen LogP contribution in [0.1, 0.15) is 11.6 Å². The summed E-state index contributed by atoms with van der Waals surface area (Å²) in [6.07, 6.45) is 0. The summed E-state index contributed by atoms with van der Waals surface area (Å²) in [5.74, 6) is 1.60. The first kappa shape index (κ1) is 14.5. The van der Waals surface area contributed by atoms with Gasteiger partial charge in [0.25, 0.3) is 5.69 Å². The Morgan fingerprint density at radius 2 is 2.00 bits per heavy atom. The standard InChI is InChI=1S/C14H18N6O2/c1-11-15-14(17-16-11)10-18-6-8-19(9-7-18)12-4-2-3-5-13(12)20(21)22/h2-5H,6-10H2,1H3,(H,15,16,17). The fraction of sp³-hybridized carbons (Fsp3) is 0.429. The van der Waals surface area contributed by atoms with E-state index in [4.69, 9.17) is 0 Å². The SMILES string of the molecule is Cc1nc(CN2CCN(c3ccccc3[N+](=O)[O-])CC2)n[nH]1. The van der Waals surface area contributed by atoms with Gasteiger partial charge in [-0.15, -0.1) is 0 Å². The van der Waals surface area contributed by atoms with Crippen LogP contribution in [0.2, 0.25) is 0 Å². The van der Waals surface area contributed by atoms with Crippen molar-refractivity contribution in [1.82, 2.24) is 20.1 Å². The molecule has 1 saturated heterocycles. The molecule has 0 amide bonds. The highest BCUT2D eigenvalue weighted by Gasteiger charge is 2.23. The number of para-hydroxylation sites is 2. The molecule has 2 heterocycles. The van der Waals surface area contributed by atoms with Crippen molar-refractivity contribution in [2.24, 2.45) is 0 Å². The summed E-state index contributed by atoms with van der Waals surface area (Å²) in [5.41, 5.74) is 0.862. The van der Waals surface area contributed by atoms with E-state index in [0.717, 1.165) is 37.8 Å². The first-order valence-corrected chi connectivity index (χ1v) is 7.22. The number of aromatic amines is 1. The Morgan fingerprint density at radius 3 is 2.64 bits per heavy atom. The van der Waals surface area contributed by atoms with E-state index in [1.165, 1.54) is 0 Å². The van der Waals surface area contributed by atoms with Crippen molar-refractivity contribution in [2.75, 3.05) is 31.1 Å². The number of nitrogens with zero attached hydrogens (tertiary/aromatic N) is 5. The Hall–Kier alpha value is -2.48. The zero-order chi connectivity index (χ0) is 15.5. The summed E-state index contributed by atoms with van der Waals surface area (Å²) in [7, 11) is 0. The quantitative estimate of drug-likeness (QED) is 0.677. The minimum atomic E-state index is -0.321. The van der Waals surface area contributed by atoms with E-state index >= 15 is 0 Å². The van der Waals surface area contributed by atoms with E-state index in [1.807, 2.05) is 19.1 Å². The van der Waals surface area contributed by atoms with Crippen molar-refractivity contribution in [2.45, 2.75) is 13.5 Å². The molecule has 1 aromatic heterocycles. The van der Waals surface area contributed by atoms with E-state index in [0.29, 0.717) is 12.2 Å². The lowest BCUT2D eigenvalue weighted by Crippen LogP contribution is -2.46. The first-order chi connectivity index (χ1) is 10.6. The van der Waals surface area contributed by atoms with Gasteiger partial charge < -0.3 is 4.90 Å². The van der Waals surface area contributed by atoms with Crippen LogP contribution in [0.4, 0.5) is 11.4 Å². The van der Waals surface area contributed by atoms with Crippen LogP contribution in [0.3, 0.4) is 0 Å². The van der Waals surface area contributed by atoms with Crippen LogP contribution in [0.5, 0.6) is 0 Å². The van der Waals surface area contributed by atoms with E-state index in [-0.39, 0.29) is 10.6 Å². The lowest BCUT2D eigenvalue weighted by molar-refractivity contribution is -0.384. The second kappa shape index (κ2) is 6.10. The molecule has 0 radical (unpaired) electrons. The van der Waals surface area contributed by atoms with Crippen LogP contribution < -0.4 is 4.90 Å². The summed E-state index contributed by atoms with van der Waals surface area (Å²) < 4.78 is 0. The monoisotopic (exact) mass is 302 g/mol. The van der Waals surface area contributed by atoms with Crippen LogP contribution in [0, 0.1) is 17.0 Å². The molecule has 116 valence electrons. The van der Waals surface area contributed by atoms with Gasteiger partial charge in [0, 0.05) is 32.2 Å². The smallest absolute Gasteiger partial charge is 0.292 e. The molecule has 3 rings (SSSR count). The van der Waals surface area contributed by atoms with Crippen LogP contribution in [0.25, 0.3) is 0 Å². The highest BCUT2D eigenvalue weighted by atomic mass is 16.6. The molecule has 0 aliphatic carbocycles. The molecule has 2 aromatic rings. The normalized spacial score (nSPS) is 16.0. The molecule has 22 heavy (non-hydrogen) atoms. The second-order valence-corrected chi connectivity index (χ2v) is 5.35. The molecular weight excluding hydrogens is 284 g/mol. The molecule has 0 spiro atoms. The van der Waals surface area contributed by atoms with Gasteiger partial charge in [-0.1, -0.05) is 12.1 Å². The van der Waals surface area contributed by atoms with E-state index in [2.05, 4.69) is 25.0 Å². The Kier molecular flexibility index (Phi) is 4.01. The molecule has 0 bridgehead atoms. The maximum Gasteiger partial charge on any atom is 0.292 e. The Labute approximate surface area is 127 Å². The molecule has 1 aromatic carbocycles. The third-order valence-corrected chi connectivity index (χ3v) is 3.80. The van der Waals surface area contributed by atoms with Gasteiger partial charge in [0.1, 0.15) is 11.5 Å². The van der Waals surface area contributed by atoms with Crippen molar-refractivity contribution in [3.8, 4) is 0 Å². The second-order valence-electron chi connectivity index (χ2n) is 5.35. The number of piperazine rings is 1. The Bertz CT molecular complexity index is 663. The van der Waals surface area contributed by atoms with Gasteiger partial charge >= 0.3 is 0 Å². The van der Waals surface area contributed by atoms with Gasteiger partial charge in [-0.25, -0.2) is 4.98 Å². The third kappa shape index (κ3) is 3.06. The molecule has 8 nitrogen and oxygen atoms in total. The Balaban J connectivity index is 1.63. The number of nitrogens with one attached hydrogen (secondary N) is 1. The molecule has 1 aliphatic rings. The minimum absolute atomic E-state index is 0.167. The number of nitro groups is 1. The van der Waals surface area contributed by atoms with Gasteiger partial charge in [-0.2, -0.15) is 5.10 Å². The number of hydrogen-bond donors (Lipinski definition) is 1. The van der Waals surface area contributed by atoms with Crippen LogP contribution in [-0.4, -0.2) is 51.2 Å². The van der Waals surface area contributed by atoms with Gasteiger partial charge in [0.15, 0.2) is 5.82 Å². The average Bonchev–Trinajstić information content (AvgIpc) is 2.93. The molecule has 8 heteroatoms. The van der Waals surface area contributed by atoms with Crippen molar-refractivity contribution in [1.29, 1.82) is 0 Å². The number of benzene rings is 1. The predicted molar refractivity (Wildman–Crippen MR) is 81.7 cm³/mol. The maximum absolute atomic E-state index is 11.1. The molecule has 1 aliphatic heterocycles. The summed E-state index contributed by atoms with van der Waals surface area (Å²) in [6, 6.07) is 6.90. The van der Waals surface area contributed by atoms with Crippen molar-refractivity contribution in [3.05, 3.63) is 46.0 Å². The molecule has 0 unspecified atom stereocenters. The molecule has 0 saturated carbocycles. The summed E-state index contributed by atoms with van der Waals surface area (Å²) >= 11 is 0. The van der Waals surface area contributed by atoms with Crippen LogP contribution >= 0.6 is 0 Å². The number of anilines is 1. The van der Waals surface area contributed by atoms with Crippen molar-refractivity contribution < 1.29 is 4.92 Å². The first-order valence-electron chi connectivity index (χ1n) is 7.22.